The smallest absolute Gasteiger partial charge is 0.410 e. The number of nitrogens with one attached hydrogen (secondary N) is 2. The maximum absolute atomic E-state index is 13.8. The third kappa shape index (κ3) is 4.34. The van der Waals surface area contributed by atoms with E-state index in [9.17, 15) is 22.8 Å². The fourth-order valence-corrected chi connectivity index (χ4v) is 4.74. The van der Waals surface area contributed by atoms with E-state index >= 15 is 0 Å². The minimum Gasteiger partial charge on any atom is -0.467 e. The minimum atomic E-state index is -4.58. The van der Waals surface area contributed by atoms with Crippen molar-refractivity contribution in [3.63, 3.8) is 0 Å². The van der Waals surface area contributed by atoms with E-state index in [0.29, 0.717) is 11.3 Å². The van der Waals surface area contributed by atoms with Gasteiger partial charge in [-0.05, 0) is 38.5 Å². The van der Waals surface area contributed by atoms with Crippen LogP contribution in [0, 0.1) is 13.8 Å². The number of amides is 1. The number of alkyl halides is 3. The number of aromatic nitrogens is 2. The van der Waals surface area contributed by atoms with Crippen LogP contribution in [0.2, 0.25) is 0 Å². The van der Waals surface area contributed by atoms with Crippen molar-refractivity contribution in [1.82, 2.24) is 9.78 Å². The molecule has 0 spiro atoms. The summed E-state index contributed by atoms with van der Waals surface area (Å²) in [5, 5.41) is 9.75. The highest BCUT2D eigenvalue weighted by atomic mass is 32.1. The molecule has 0 fully saturated rings. The molecule has 0 radical (unpaired) electrons. The topological polar surface area (TPSA) is 98.4 Å². The SMILES string of the molecule is CCOC(=O)c1c(NC(=O)c2cc3n(n2)C(C(F)(F)F)CC(c2ccco2)N3)sc(C)c1C. The monoisotopic (exact) mass is 482 g/mol. The lowest BCUT2D eigenvalue weighted by Gasteiger charge is -2.32. The Balaban J connectivity index is 1.64. The molecular formula is C21H21F3N4O4S. The number of nitrogens with zero attached hydrogens (tertiary/aromatic N) is 2. The van der Waals surface area contributed by atoms with Gasteiger partial charge in [-0.25, -0.2) is 9.48 Å². The number of carbonyl (C=O) groups excluding carboxylic acids is 2. The summed E-state index contributed by atoms with van der Waals surface area (Å²) in [4.78, 5) is 26.0. The van der Waals surface area contributed by atoms with Gasteiger partial charge in [0.25, 0.3) is 5.91 Å². The number of hydrogen-bond acceptors (Lipinski definition) is 7. The number of rotatable bonds is 5. The van der Waals surface area contributed by atoms with E-state index in [1.165, 1.54) is 23.7 Å². The fraction of sp³-hybridized carbons (Fsp3) is 0.381. The lowest BCUT2D eigenvalue weighted by Crippen LogP contribution is -2.35. The van der Waals surface area contributed by atoms with Crippen molar-refractivity contribution in [3.05, 3.63) is 51.9 Å². The Labute approximate surface area is 190 Å². The molecule has 0 saturated heterocycles. The molecular weight excluding hydrogens is 461 g/mol. The highest BCUT2D eigenvalue weighted by Gasteiger charge is 2.47. The molecule has 2 N–H and O–H groups in total. The van der Waals surface area contributed by atoms with E-state index in [0.717, 1.165) is 9.56 Å². The standard InChI is InChI=1S/C21H21F3N4O4S/c1-4-31-20(30)17-10(2)11(3)33-19(17)26-18(29)13-9-16-25-12(14-6-5-7-32-14)8-15(21(22,23)24)28(16)27-13/h5-7,9,12,15,25H,4,8H2,1-3H3,(H,26,29). The number of carbonyl (C=O) groups is 2. The number of halogens is 3. The van der Waals surface area contributed by atoms with E-state index in [1.54, 1.807) is 32.9 Å². The van der Waals surface area contributed by atoms with Gasteiger partial charge in [0.15, 0.2) is 11.7 Å². The summed E-state index contributed by atoms with van der Waals surface area (Å²) in [7, 11) is 0. The number of thiophene rings is 1. The first kappa shape index (κ1) is 22.9. The molecule has 3 aromatic rings. The Morgan fingerprint density at radius 2 is 2.15 bits per heavy atom. The predicted octanol–water partition coefficient (Wildman–Crippen LogP) is 5.24. The van der Waals surface area contributed by atoms with Crippen molar-refractivity contribution in [3.8, 4) is 0 Å². The van der Waals surface area contributed by atoms with Crippen LogP contribution in [0.4, 0.5) is 24.0 Å². The molecule has 0 saturated carbocycles. The zero-order valence-electron chi connectivity index (χ0n) is 17.9. The van der Waals surface area contributed by atoms with Gasteiger partial charge in [0, 0.05) is 17.4 Å². The Kier molecular flexibility index (Phi) is 5.95. The van der Waals surface area contributed by atoms with E-state index < -0.39 is 30.1 Å². The van der Waals surface area contributed by atoms with E-state index in [2.05, 4.69) is 15.7 Å². The van der Waals surface area contributed by atoms with Crippen molar-refractivity contribution in [2.75, 3.05) is 17.2 Å². The molecule has 1 amide bonds. The zero-order valence-corrected chi connectivity index (χ0v) is 18.8. The van der Waals surface area contributed by atoms with Crippen LogP contribution in [-0.2, 0) is 4.74 Å². The Morgan fingerprint density at radius 3 is 2.79 bits per heavy atom. The van der Waals surface area contributed by atoms with Crippen LogP contribution < -0.4 is 10.6 Å². The van der Waals surface area contributed by atoms with Crippen LogP contribution in [0.5, 0.6) is 0 Å². The minimum absolute atomic E-state index is 0.0410. The molecule has 2 atom stereocenters. The molecule has 4 heterocycles. The van der Waals surface area contributed by atoms with Crippen molar-refractivity contribution >= 4 is 34.0 Å². The molecule has 0 bridgehead atoms. The number of fused-ring (bicyclic) bond motifs is 1. The highest BCUT2D eigenvalue weighted by molar-refractivity contribution is 7.16. The van der Waals surface area contributed by atoms with Gasteiger partial charge in [-0.2, -0.15) is 18.3 Å². The lowest BCUT2D eigenvalue weighted by molar-refractivity contribution is -0.174. The Bertz CT molecular complexity index is 1180. The number of aryl methyl sites for hydroxylation is 1. The van der Waals surface area contributed by atoms with E-state index in [1.807, 2.05) is 0 Å². The zero-order chi connectivity index (χ0) is 23.9. The first-order chi connectivity index (χ1) is 15.6. The molecule has 176 valence electrons. The van der Waals surface area contributed by atoms with Crippen molar-refractivity contribution in [2.24, 2.45) is 0 Å². The van der Waals surface area contributed by atoms with Gasteiger partial charge in [0.2, 0.25) is 0 Å². The second-order valence-corrected chi connectivity index (χ2v) is 8.75. The number of esters is 1. The number of hydrogen-bond donors (Lipinski definition) is 2. The maximum atomic E-state index is 13.8. The maximum Gasteiger partial charge on any atom is 0.410 e. The lowest BCUT2D eigenvalue weighted by atomic mass is 10.0. The normalized spacial score (nSPS) is 17.9. The van der Waals surface area contributed by atoms with E-state index in [-0.39, 0.29) is 35.1 Å². The van der Waals surface area contributed by atoms with Gasteiger partial charge in [0.05, 0.1) is 24.5 Å². The molecule has 1 aliphatic rings. The second-order valence-electron chi connectivity index (χ2n) is 7.53. The summed E-state index contributed by atoms with van der Waals surface area (Å²) in [5.74, 6) is -0.926. The predicted molar refractivity (Wildman–Crippen MR) is 115 cm³/mol. The molecule has 0 aliphatic carbocycles. The summed E-state index contributed by atoms with van der Waals surface area (Å²) in [5.41, 5.74) is 0.671. The van der Waals surface area contributed by atoms with Gasteiger partial charge in [0.1, 0.15) is 16.6 Å². The van der Waals surface area contributed by atoms with E-state index in [4.69, 9.17) is 9.15 Å². The van der Waals surface area contributed by atoms with Gasteiger partial charge in [-0.1, -0.05) is 0 Å². The first-order valence-electron chi connectivity index (χ1n) is 10.1. The average molecular weight is 482 g/mol. The summed E-state index contributed by atoms with van der Waals surface area (Å²) in [6.45, 7) is 5.35. The van der Waals surface area contributed by atoms with Crippen LogP contribution in [0.15, 0.2) is 28.9 Å². The number of furan rings is 1. The molecule has 12 heteroatoms. The van der Waals surface area contributed by atoms with Crippen molar-refractivity contribution < 1.29 is 31.9 Å². The third-order valence-corrected chi connectivity index (χ3v) is 6.52. The summed E-state index contributed by atoms with van der Waals surface area (Å²) >= 11 is 1.18. The second kappa shape index (κ2) is 8.58. The third-order valence-electron chi connectivity index (χ3n) is 5.40. The molecule has 4 rings (SSSR count). The van der Waals surface area contributed by atoms with Gasteiger partial charge in [-0.3, -0.25) is 4.79 Å². The number of ether oxygens (including phenoxy) is 1. The fourth-order valence-electron chi connectivity index (χ4n) is 3.69. The van der Waals surface area contributed by atoms with Crippen molar-refractivity contribution in [1.29, 1.82) is 0 Å². The summed E-state index contributed by atoms with van der Waals surface area (Å²) < 4.78 is 52.5. The summed E-state index contributed by atoms with van der Waals surface area (Å²) in [6.07, 6.45) is -3.54. The molecule has 1 aliphatic heterocycles. The van der Waals surface area contributed by atoms with Crippen LogP contribution in [-0.4, -0.2) is 34.4 Å². The Morgan fingerprint density at radius 1 is 1.39 bits per heavy atom. The van der Waals surface area contributed by atoms with Crippen LogP contribution in [0.25, 0.3) is 0 Å². The molecule has 3 aromatic heterocycles. The van der Waals surface area contributed by atoms with Crippen LogP contribution in [0.3, 0.4) is 0 Å². The van der Waals surface area contributed by atoms with Gasteiger partial charge >= 0.3 is 12.1 Å². The average Bonchev–Trinajstić information content (AvgIpc) is 3.46. The largest absolute Gasteiger partial charge is 0.467 e. The first-order valence-corrected chi connectivity index (χ1v) is 11.0. The molecule has 0 aromatic carbocycles. The summed E-state index contributed by atoms with van der Waals surface area (Å²) in [6, 6.07) is 1.76. The number of anilines is 2. The highest BCUT2D eigenvalue weighted by Crippen LogP contribution is 2.44. The molecule has 2 unspecified atom stereocenters. The van der Waals surface area contributed by atoms with Crippen LogP contribution in [0.1, 0.15) is 62.5 Å². The quantitative estimate of drug-likeness (QED) is 0.483. The van der Waals surface area contributed by atoms with Crippen LogP contribution >= 0.6 is 11.3 Å². The molecule has 8 nitrogen and oxygen atoms in total. The van der Waals surface area contributed by atoms with Gasteiger partial charge < -0.3 is 19.8 Å². The Hall–Kier alpha value is -3.28. The van der Waals surface area contributed by atoms with Gasteiger partial charge in [-0.15, -0.1) is 11.3 Å². The molecule has 33 heavy (non-hydrogen) atoms. The van der Waals surface area contributed by atoms with Crippen molar-refractivity contribution in [2.45, 2.75) is 45.5 Å².